The van der Waals surface area contributed by atoms with Crippen LogP contribution in [-0.2, 0) is 15.3 Å². The molecule has 248 valence electrons. The van der Waals surface area contributed by atoms with Crippen LogP contribution in [-0.4, -0.2) is 50.1 Å². The van der Waals surface area contributed by atoms with Crippen molar-refractivity contribution in [3.8, 4) is 11.5 Å². The Hall–Kier alpha value is -5.20. The van der Waals surface area contributed by atoms with Gasteiger partial charge in [-0.05, 0) is 59.5 Å². The number of anilines is 1. The van der Waals surface area contributed by atoms with E-state index in [1.807, 2.05) is 30.3 Å². The standard InChI is InChI=1S/C37H33N5O5S2/c1-4-5-19-47-27-17-16-24(20-28(27)46-3)32-30(33(43)31-22(2)38-29-15-8-9-18-41(29)31)34(44)35(45)42(32)36-39-40-37(49-36)48-21-25-13-10-12-23-11-6-7-14-26(23)25/h6-18,20,32,43H,4-5,19,21H2,1-3H3/b33-30+. The monoisotopic (exact) mass is 691 g/mol. The summed E-state index contributed by atoms with van der Waals surface area (Å²) in [6.07, 6.45) is 3.61. The first-order valence-electron chi connectivity index (χ1n) is 15.9. The highest BCUT2D eigenvalue weighted by molar-refractivity contribution is 8.00. The van der Waals surface area contributed by atoms with Gasteiger partial charge in [0.2, 0.25) is 5.13 Å². The largest absolute Gasteiger partial charge is 0.505 e. The van der Waals surface area contributed by atoms with E-state index in [0.29, 0.717) is 50.8 Å². The van der Waals surface area contributed by atoms with Crippen LogP contribution >= 0.6 is 23.1 Å². The first kappa shape index (κ1) is 32.4. The Morgan fingerprint density at radius 1 is 1.00 bits per heavy atom. The van der Waals surface area contributed by atoms with Crippen molar-refractivity contribution in [1.82, 2.24) is 19.6 Å². The molecule has 0 saturated carbocycles. The Morgan fingerprint density at radius 2 is 1.82 bits per heavy atom. The van der Waals surface area contributed by atoms with Crippen LogP contribution in [0.3, 0.4) is 0 Å². The highest BCUT2D eigenvalue weighted by Gasteiger charge is 2.49. The number of unbranched alkanes of at least 4 members (excludes halogenated alkanes) is 1. The molecule has 12 heteroatoms. The van der Waals surface area contributed by atoms with E-state index < -0.39 is 17.7 Å². The number of hydrogen-bond donors (Lipinski definition) is 1. The summed E-state index contributed by atoms with van der Waals surface area (Å²) < 4.78 is 14.0. The number of benzene rings is 3. The average Bonchev–Trinajstić information content (AvgIpc) is 3.80. The van der Waals surface area contributed by atoms with E-state index in [2.05, 4.69) is 46.4 Å². The molecule has 7 rings (SSSR count). The number of Topliss-reactive ketones (excluding diaryl/α,β-unsaturated/α-hetero) is 1. The van der Waals surface area contributed by atoms with Crippen LogP contribution in [0.25, 0.3) is 22.2 Å². The minimum absolute atomic E-state index is 0.0828. The number of aliphatic hydroxyl groups is 1. The normalized spacial score (nSPS) is 15.8. The highest BCUT2D eigenvalue weighted by atomic mass is 32.2. The number of carbonyl (C=O) groups is 2. The Morgan fingerprint density at radius 3 is 2.65 bits per heavy atom. The summed E-state index contributed by atoms with van der Waals surface area (Å²) in [4.78, 5) is 33.8. The van der Waals surface area contributed by atoms with Crippen LogP contribution in [0.15, 0.2) is 95.0 Å². The van der Waals surface area contributed by atoms with Gasteiger partial charge < -0.3 is 14.6 Å². The number of pyridine rings is 1. The van der Waals surface area contributed by atoms with E-state index in [9.17, 15) is 14.7 Å². The molecule has 1 fully saturated rings. The molecule has 3 aromatic carbocycles. The highest BCUT2D eigenvalue weighted by Crippen LogP contribution is 2.46. The van der Waals surface area contributed by atoms with Crippen LogP contribution in [0.5, 0.6) is 11.5 Å². The summed E-state index contributed by atoms with van der Waals surface area (Å²) in [6, 6.07) is 24.1. The van der Waals surface area contributed by atoms with Gasteiger partial charge >= 0.3 is 5.91 Å². The van der Waals surface area contributed by atoms with Gasteiger partial charge in [0.25, 0.3) is 5.78 Å². The third kappa shape index (κ3) is 6.02. The lowest BCUT2D eigenvalue weighted by molar-refractivity contribution is -0.132. The molecule has 10 nitrogen and oxygen atoms in total. The maximum Gasteiger partial charge on any atom is 0.301 e. The SMILES string of the molecule is CCCCOc1ccc(C2/C(=C(\O)c3c(C)nc4ccccn34)C(=O)C(=O)N2c2nnc(SCc3cccc4ccccc34)s2)cc1OC. The van der Waals surface area contributed by atoms with E-state index in [4.69, 9.17) is 9.47 Å². The van der Waals surface area contributed by atoms with Crippen molar-refractivity contribution in [3.63, 3.8) is 0 Å². The fraction of sp³-hybridized carbons (Fsp3) is 0.216. The van der Waals surface area contributed by atoms with Gasteiger partial charge in [0.05, 0.1) is 31.0 Å². The molecule has 0 bridgehead atoms. The molecule has 1 atom stereocenters. The number of methoxy groups -OCH3 is 1. The van der Waals surface area contributed by atoms with Gasteiger partial charge in [-0.3, -0.25) is 18.9 Å². The smallest absolute Gasteiger partial charge is 0.301 e. The van der Waals surface area contributed by atoms with Gasteiger partial charge in [0.15, 0.2) is 21.6 Å². The number of amides is 1. The molecule has 1 N–H and O–H groups in total. The molecule has 3 aromatic heterocycles. The molecular formula is C37H33N5O5S2. The molecule has 6 aromatic rings. The number of hydrogen-bond acceptors (Lipinski definition) is 10. The van der Waals surface area contributed by atoms with Crippen molar-refractivity contribution >= 4 is 62.1 Å². The molecule has 1 saturated heterocycles. The predicted molar refractivity (Wildman–Crippen MR) is 192 cm³/mol. The fourth-order valence-electron chi connectivity index (χ4n) is 6.09. The number of fused-ring (bicyclic) bond motifs is 2. The van der Waals surface area contributed by atoms with Gasteiger partial charge in [0, 0.05) is 11.9 Å². The van der Waals surface area contributed by atoms with Gasteiger partial charge in [0.1, 0.15) is 11.3 Å². The molecule has 0 aliphatic carbocycles. The fourth-order valence-corrected chi connectivity index (χ4v) is 7.96. The summed E-state index contributed by atoms with van der Waals surface area (Å²) in [5.41, 5.74) is 3.03. The number of aliphatic hydroxyl groups excluding tert-OH is 1. The number of rotatable bonds is 11. The predicted octanol–water partition coefficient (Wildman–Crippen LogP) is 7.75. The van der Waals surface area contributed by atoms with Crippen molar-refractivity contribution in [1.29, 1.82) is 0 Å². The molecule has 0 radical (unpaired) electrons. The summed E-state index contributed by atoms with van der Waals surface area (Å²) in [5, 5.41) is 23.3. The second-order valence-electron chi connectivity index (χ2n) is 11.5. The second-order valence-corrected chi connectivity index (χ2v) is 13.7. The van der Waals surface area contributed by atoms with E-state index in [-0.39, 0.29) is 16.5 Å². The lowest BCUT2D eigenvalue weighted by Crippen LogP contribution is -2.29. The summed E-state index contributed by atoms with van der Waals surface area (Å²) >= 11 is 2.72. The number of aryl methyl sites for hydroxylation is 1. The van der Waals surface area contributed by atoms with Crippen molar-refractivity contribution in [2.24, 2.45) is 0 Å². The van der Waals surface area contributed by atoms with E-state index in [1.165, 1.54) is 35.1 Å². The maximum atomic E-state index is 14.0. The number of nitrogens with zero attached hydrogens (tertiary/aromatic N) is 5. The van der Waals surface area contributed by atoms with Gasteiger partial charge in [-0.25, -0.2) is 4.98 Å². The number of thioether (sulfide) groups is 1. The van der Waals surface area contributed by atoms with Gasteiger partial charge in [-0.1, -0.05) is 91.0 Å². The minimum Gasteiger partial charge on any atom is -0.505 e. The van der Waals surface area contributed by atoms with Crippen molar-refractivity contribution < 1.29 is 24.2 Å². The Kier molecular flexibility index (Phi) is 9.07. The number of ether oxygens (including phenoxy) is 2. The maximum absolute atomic E-state index is 14.0. The zero-order valence-electron chi connectivity index (χ0n) is 27.1. The minimum atomic E-state index is -1.03. The van der Waals surface area contributed by atoms with Crippen LogP contribution in [0.1, 0.15) is 48.3 Å². The van der Waals surface area contributed by atoms with E-state index in [0.717, 1.165) is 29.2 Å². The second kappa shape index (κ2) is 13.7. The molecule has 1 unspecified atom stereocenters. The first-order valence-corrected chi connectivity index (χ1v) is 17.7. The van der Waals surface area contributed by atoms with Crippen molar-refractivity contribution in [3.05, 3.63) is 113 Å². The number of aromatic nitrogens is 4. The number of imidazole rings is 1. The van der Waals surface area contributed by atoms with Crippen LogP contribution in [0, 0.1) is 6.92 Å². The lowest BCUT2D eigenvalue weighted by atomic mass is 9.96. The first-order chi connectivity index (χ1) is 23.9. The number of ketones is 1. The van der Waals surface area contributed by atoms with Gasteiger partial charge in [-0.15, -0.1) is 10.2 Å². The Balaban J connectivity index is 1.30. The zero-order valence-corrected chi connectivity index (χ0v) is 28.8. The molecule has 1 aliphatic heterocycles. The van der Waals surface area contributed by atoms with Crippen LogP contribution in [0.4, 0.5) is 5.13 Å². The topological polar surface area (TPSA) is 119 Å². The van der Waals surface area contributed by atoms with Crippen molar-refractivity contribution in [2.75, 3.05) is 18.6 Å². The molecule has 49 heavy (non-hydrogen) atoms. The summed E-state index contributed by atoms with van der Waals surface area (Å²) in [7, 11) is 1.54. The molecule has 4 heterocycles. The molecule has 0 spiro atoms. The van der Waals surface area contributed by atoms with Gasteiger partial charge in [-0.2, -0.15) is 0 Å². The van der Waals surface area contributed by atoms with Crippen LogP contribution in [0.2, 0.25) is 0 Å². The zero-order chi connectivity index (χ0) is 34.1. The number of carbonyl (C=O) groups excluding carboxylic acids is 2. The summed E-state index contributed by atoms with van der Waals surface area (Å²) in [5.74, 6) is -0.370. The summed E-state index contributed by atoms with van der Waals surface area (Å²) in [6.45, 7) is 4.35. The lowest BCUT2D eigenvalue weighted by Gasteiger charge is -2.23. The van der Waals surface area contributed by atoms with Crippen LogP contribution < -0.4 is 14.4 Å². The molecular weight excluding hydrogens is 659 g/mol. The third-order valence-electron chi connectivity index (χ3n) is 8.46. The quantitative estimate of drug-likeness (QED) is 0.0363. The van der Waals surface area contributed by atoms with E-state index >= 15 is 0 Å². The molecule has 1 aliphatic rings. The Bertz CT molecular complexity index is 2240. The average molecular weight is 692 g/mol. The van der Waals surface area contributed by atoms with Crippen molar-refractivity contribution in [2.45, 2.75) is 42.8 Å². The third-order valence-corrected chi connectivity index (χ3v) is 10.6. The Labute approximate surface area is 291 Å². The van der Waals surface area contributed by atoms with E-state index in [1.54, 1.807) is 41.8 Å². The molecule has 1 amide bonds.